The largest absolute Gasteiger partial charge is 0.322 e. The molecule has 0 saturated carbocycles. The number of rotatable bonds is 6. The molecule has 2 rings (SSSR count). The van der Waals surface area contributed by atoms with Crippen LogP contribution in [-0.4, -0.2) is 36.7 Å². The zero-order chi connectivity index (χ0) is 17.7. The fourth-order valence-electron chi connectivity index (χ4n) is 2.34. The number of hydrogen-bond acceptors (Lipinski definition) is 4. The summed E-state index contributed by atoms with van der Waals surface area (Å²) in [4.78, 5) is 16.3. The first-order valence-corrected chi connectivity index (χ1v) is 9.16. The first-order valence-electron chi connectivity index (χ1n) is 7.72. The number of sulfonamides is 1. The molecule has 0 atom stereocenters. The van der Waals surface area contributed by atoms with Gasteiger partial charge in [0.25, 0.3) is 5.91 Å². The number of nitrogens with one attached hydrogen (secondary N) is 1. The molecule has 0 radical (unpaired) electrons. The first kappa shape index (κ1) is 18.1. The molecule has 6 nitrogen and oxygen atoms in total. The molecule has 1 aromatic heterocycles. The van der Waals surface area contributed by atoms with Gasteiger partial charge in [0.2, 0.25) is 10.0 Å². The Morgan fingerprint density at radius 3 is 2.46 bits per heavy atom. The minimum Gasteiger partial charge on any atom is -0.322 e. The Kier molecular flexibility index (Phi) is 5.69. The number of nitrogens with zero attached hydrogens (tertiary/aromatic N) is 2. The summed E-state index contributed by atoms with van der Waals surface area (Å²) < 4.78 is 26.5. The van der Waals surface area contributed by atoms with Crippen molar-refractivity contribution in [3.63, 3.8) is 0 Å². The average molecular weight is 347 g/mol. The molecule has 0 aliphatic rings. The van der Waals surface area contributed by atoms with Gasteiger partial charge in [0.15, 0.2) is 0 Å². The molecular formula is C17H21N3O3S. The Morgan fingerprint density at radius 1 is 1.21 bits per heavy atom. The van der Waals surface area contributed by atoms with Gasteiger partial charge in [-0.05, 0) is 42.8 Å². The minimum absolute atomic E-state index is 0.225. The topological polar surface area (TPSA) is 79.4 Å². The summed E-state index contributed by atoms with van der Waals surface area (Å²) in [6.07, 6.45) is 3.07. The summed E-state index contributed by atoms with van der Waals surface area (Å²) in [5, 5.41) is 2.77. The number of aromatic nitrogens is 1. The van der Waals surface area contributed by atoms with E-state index >= 15 is 0 Å². The molecule has 0 unspecified atom stereocenters. The molecule has 1 N–H and O–H groups in total. The van der Waals surface area contributed by atoms with Crippen LogP contribution < -0.4 is 5.32 Å². The maximum Gasteiger partial charge on any atom is 0.257 e. The molecule has 0 fully saturated rings. The third kappa shape index (κ3) is 3.80. The number of aryl methyl sites for hydroxylation is 1. The molecule has 0 aliphatic carbocycles. The SMILES string of the molecule is CCN(CC)S(=O)(=O)c1ccc(NC(=O)c2cccnc2)c(C)c1. The third-order valence-corrected chi connectivity index (χ3v) is 5.76. The van der Waals surface area contributed by atoms with Gasteiger partial charge in [-0.25, -0.2) is 8.42 Å². The summed E-state index contributed by atoms with van der Waals surface area (Å²) in [5.74, 6) is -0.287. The Morgan fingerprint density at radius 2 is 1.92 bits per heavy atom. The molecule has 0 spiro atoms. The van der Waals surface area contributed by atoms with Gasteiger partial charge >= 0.3 is 0 Å². The van der Waals surface area contributed by atoms with Gasteiger partial charge in [0, 0.05) is 31.2 Å². The Hall–Kier alpha value is -2.25. The average Bonchev–Trinajstić information content (AvgIpc) is 2.58. The molecule has 1 amide bonds. The zero-order valence-corrected chi connectivity index (χ0v) is 14.8. The van der Waals surface area contributed by atoms with Gasteiger partial charge in [0.1, 0.15) is 0 Å². The second-order valence-electron chi connectivity index (χ2n) is 5.26. The van der Waals surface area contributed by atoms with Gasteiger partial charge in [0.05, 0.1) is 10.5 Å². The van der Waals surface area contributed by atoms with Crippen molar-refractivity contribution in [2.45, 2.75) is 25.7 Å². The van der Waals surface area contributed by atoms with E-state index in [9.17, 15) is 13.2 Å². The van der Waals surface area contributed by atoms with E-state index in [0.29, 0.717) is 29.9 Å². The van der Waals surface area contributed by atoms with E-state index < -0.39 is 10.0 Å². The van der Waals surface area contributed by atoms with Gasteiger partial charge in [-0.2, -0.15) is 4.31 Å². The zero-order valence-electron chi connectivity index (χ0n) is 14.0. The van der Waals surface area contributed by atoms with E-state index in [4.69, 9.17) is 0 Å². The molecule has 1 aromatic carbocycles. The Bertz CT molecular complexity index is 816. The number of anilines is 1. The van der Waals surface area contributed by atoms with Crippen molar-refractivity contribution in [2.75, 3.05) is 18.4 Å². The maximum absolute atomic E-state index is 12.5. The highest BCUT2D eigenvalue weighted by molar-refractivity contribution is 7.89. The van der Waals surface area contributed by atoms with Gasteiger partial charge < -0.3 is 5.32 Å². The summed E-state index contributed by atoms with van der Waals surface area (Å²) >= 11 is 0. The Labute approximate surface area is 142 Å². The second-order valence-corrected chi connectivity index (χ2v) is 7.20. The molecule has 0 saturated heterocycles. The van der Waals surface area contributed by atoms with Crippen LogP contribution in [0.25, 0.3) is 0 Å². The third-order valence-electron chi connectivity index (χ3n) is 3.71. The number of amides is 1. The van der Waals surface area contributed by atoms with Crippen LogP contribution in [0, 0.1) is 6.92 Å². The van der Waals surface area contributed by atoms with E-state index in [1.54, 1.807) is 51.2 Å². The fourth-order valence-corrected chi connectivity index (χ4v) is 3.88. The summed E-state index contributed by atoms with van der Waals surface area (Å²) in [6.45, 7) is 6.20. The predicted molar refractivity (Wildman–Crippen MR) is 93.5 cm³/mol. The number of carbonyl (C=O) groups is 1. The van der Waals surface area contributed by atoms with Crippen molar-refractivity contribution in [3.05, 3.63) is 53.9 Å². The lowest BCUT2D eigenvalue weighted by atomic mass is 10.2. The van der Waals surface area contributed by atoms with Crippen LogP contribution in [0.5, 0.6) is 0 Å². The molecular weight excluding hydrogens is 326 g/mol. The first-order chi connectivity index (χ1) is 11.4. The number of hydrogen-bond donors (Lipinski definition) is 1. The Balaban J connectivity index is 2.26. The van der Waals surface area contributed by atoms with Crippen molar-refractivity contribution in [1.29, 1.82) is 0 Å². The van der Waals surface area contributed by atoms with Crippen LogP contribution >= 0.6 is 0 Å². The van der Waals surface area contributed by atoms with Gasteiger partial charge in [-0.1, -0.05) is 13.8 Å². The van der Waals surface area contributed by atoms with E-state index in [2.05, 4.69) is 10.3 Å². The van der Waals surface area contributed by atoms with Crippen LogP contribution in [0.4, 0.5) is 5.69 Å². The summed E-state index contributed by atoms with van der Waals surface area (Å²) in [5.41, 5.74) is 1.69. The number of benzene rings is 1. The fraction of sp³-hybridized carbons (Fsp3) is 0.294. The van der Waals surface area contributed by atoms with E-state index in [1.807, 2.05) is 0 Å². The van der Waals surface area contributed by atoms with Crippen molar-refractivity contribution in [3.8, 4) is 0 Å². The lowest BCUT2D eigenvalue weighted by Gasteiger charge is -2.19. The molecule has 0 aliphatic heterocycles. The lowest BCUT2D eigenvalue weighted by molar-refractivity contribution is 0.102. The van der Waals surface area contributed by atoms with Gasteiger partial charge in [-0.3, -0.25) is 9.78 Å². The van der Waals surface area contributed by atoms with Crippen molar-refractivity contribution in [1.82, 2.24) is 9.29 Å². The van der Waals surface area contributed by atoms with Gasteiger partial charge in [-0.15, -0.1) is 0 Å². The number of pyridine rings is 1. The highest BCUT2D eigenvalue weighted by Gasteiger charge is 2.22. The normalized spacial score (nSPS) is 11.5. The standard InChI is InChI=1S/C17H21N3O3S/c1-4-20(5-2)24(22,23)15-8-9-16(13(3)11-15)19-17(21)14-7-6-10-18-12-14/h6-12H,4-5H2,1-3H3,(H,19,21). The van der Waals surface area contributed by atoms with Crippen molar-refractivity contribution in [2.24, 2.45) is 0 Å². The van der Waals surface area contributed by atoms with Crippen LogP contribution in [-0.2, 0) is 10.0 Å². The van der Waals surface area contributed by atoms with Crippen LogP contribution in [0.15, 0.2) is 47.6 Å². The molecule has 0 bridgehead atoms. The summed E-state index contributed by atoms with van der Waals surface area (Å²) in [6, 6.07) is 8.05. The smallest absolute Gasteiger partial charge is 0.257 e. The molecule has 128 valence electrons. The van der Waals surface area contributed by atoms with Crippen molar-refractivity contribution >= 4 is 21.6 Å². The van der Waals surface area contributed by atoms with E-state index in [0.717, 1.165) is 0 Å². The molecule has 2 aromatic rings. The van der Waals surface area contributed by atoms with Crippen molar-refractivity contribution < 1.29 is 13.2 Å². The lowest BCUT2D eigenvalue weighted by Crippen LogP contribution is -2.30. The highest BCUT2D eigenvalue weighted by atomic mass is 32.2. The highest BCUT2D eigenvalue weighted by Crippen LogP contribution is 2.22. The number of carbonyl (C=O) groups excluding carboxylic acids is 1. The van der Waals surface area contributed by atoms with E-state index in [-0.39, 0.29) is 10.8 Å². The second kappa shape index (κ2) is 7.55. The summed E-state index contributed by atoms with van der Waals surface area (Å²) in [7, 11) is -3.51. The maximum atomic E-state index is 12.5. The minimum atomic E-state index is -3.51. The monoisotopic (exact) mass is 347 g/mol. The molecule has 7 heteroatoms. The van der Waals surface area contributed by atoms with E-state index in [1.165, 1.54) is 16.6 Å². The van der Waals surface area contributed by atoms with Crippen LogP contribution in [0.1, 0.15) is 29.8 Å². The quantitative estimate of drug-likeness (QED) is 0.871. The predicted octanol–water partition coefficient (Wildman–Crippen LogP) is 2.67. The molecule has 1 heterocycles. The van der Waals surface area contributed by atoms with Crippen LogP contribution in [0.3, 0.4) is 0 Å². The van der Waals surface area contributed by atoms with Crippen LogP contribution in [0.2, 0.25) is 0 Å². The molecule has 24 heavy (non-hydrogen) atoms.